The Kier molecular flexibility index (Phi) is 12.0. The molecule has 0 unspecified atom stereocenters. The second-order valence-corrected chi connectivity index (χ2v) is 21.5. The zero-order valence-electron chi connectivity index (χ0n) is 16.4. The van der Waals surface area contributed by atoms with Crippen LogP contribution in [0.15, 0.2) is 10.2 Å². The fourth-order valence-electron chi connectivity index (χ4n) is 4.21. The number of rotatable bonds is 13. The van der Waals surface area contributed by atoms with E-state index >= 15 is 0 Å². The third-order valence-electron chi connectivity index (χ3n) is 5.99. The molecule has 0 saturated heterocycles. The predicted octanol–water partition coefficient (Wildman–Crippen LogP) is 6.85. The predicted molar refractivity (Wildman–Crippen MR) is 109 cm³/mol. The van der Waals surface area contributed by atoms with Crippen LogP contribution in [-0.4, -0.2) is 31.0 Å². The summed E-state index contributed by atoms with van der Waals surface area (Å²) in [6.07, 6.45) is 15.5. The van der Waals surface area contributed by atoms with Gasteiger partial charge in [-0.15, -0.1) is 0 Å². The minimum absolute atomic E-state index is 0.785. The molecule has 0 aliphatic heterocycles. The van der Waals surface area contributed by atoms with Crippen molar-refractivity contribution in [1.29, 1.82) is 0 Å². The van der Waals surface area contributed by atoms with Crippen molar-refractivity contribution in [3.8, 4) is 0 Å². The molecule has 0 bridgehead atoms. The quantitative estimate of drug-likeness (QED) is 0.316. The van der Waals surface area contributed by atoms with Crippen LogP contribution in [0.25, 0.3) is 0 Å². The van der Waals surface area contributed by atoms with Gasteiger partial charge in [0.15, 0.2) is 0 Å². The topological polar surface area (TPSA) is 12.0 Å². The normalized spacial score (nSPS) is 16.7. The molecule has 0 aromatic heterocycles. The molecule has 0 amide bonds. The van der Waals surface area contributed by atoms with Gasteiger partial charge in [-0.3, -0.25) is 0 Å². The average molecular weight is 428 g/mol. The first kappa shape index (κ1) is 21.5. The minimum atomic E-state index is -2.18. The molecule has 23 heavy (non-hydrogen) atoms. The first-order valence-corrected chi connectivity index (χ1v) is 18.1. The molecule has 0 heterocycles. The second-order valence-electron chi connectivity index (χ2n) is 7.91. The molecule has 0 spiro atoms. The number of hydrogen-bond acceptors (Lipinski definition) is 1. The molecule has 1 aliphatic carbocycles. The zero-order valence-corrected chi connectivity index (χ0v) is 19.2. The van der Waals surface area contributed by atoms with Crippen LogP contribution in [0.5, 0.6) is 0 Å². The van der Waals surface area contributed by atoms with E-state index < -0.39 is 18.4 Å². The molecule has 2 heteroatoms. The van der Waals surface area contributed by atoms with Crippen molar-refractivity contribution in [2.24, 2.45) is 0 Å². The van der Waals surface area contributed by atoms with E-state index in [2.05, 4.69) is 26.1 Å². The molecular formula is C21H43NSn. The molecule has 0 radical (unpaired) electrons. The van der Waals surface area contributed by atoms with Gasteiger partial charge in [-0.2, -0.15) is 0 Å². The summed E-state index contributed by atoms with van der Waals surface area (Å²) in [6.45, 7) is 12.9. The fourth-order valence-corrected chi connectivity index (χ4v) is 19.6. The Morgan fingerprint density at radius 2 is 1.35 bits per heavy atom. The van der Waals surface area contributed by atoms with Gasteiger partial charge < -0.3 is 0 Å². The summed E-state index contributed by atoms with van der Waals surface area (Å²) in [5.74, 6) is 0. The summed E-state index contributed by atoms with van der Waals surface area (Å²) in [7, 11) is 0. The molecular weight excluding hydrogens is 385 g/mol. The molecule has 1 rings (SSSR count). The number of nitrogens with one attached hydrogen (secondary N) is 1. The van der Waals surface area contributed by atoms with Gasteiger partial charge in [-0.1, -0.05) is 0 Å². The first-order chi connectivity index (χ1) is 11.2. The molecule has 136 valence electrons. The van der Waals surface area contributed by atoms with Crippen LogP contribution in [-0.2, 0) is 0 Å². The molecule has 1 saturated carbocycles. The molecule has 1 fully saturated rings. The Morgan fingerprint density at radius 3 is 1.78 bits per heavy atom. The van der Waals surface area contributed by atoms with Gasteiger partial charge in [0.25, 0.3) is 0 Å². The Labute approximate surface area is 151 Å². The average Bonchev–Trinajstić information content (AvgIpc) is 2.60. The van der Waals surface area contributed by atoms with Crippen LogP contribution >= 0.6 is 0 Å². The van der Waals surface area contributed by atoms with Crippen molar-refractivity contribution >= 4 is 18.4 Å². The Morgan fingerprint density at radius 1 is 0.870 bits per heavy atom. The van der Waals surface area contributed by atoms with E-state index in [1.54, 1.807) is 16.9 Å². The molecule has 0 atom stereocenters. The monoisotopic (exact) mass is 429 g/mol. The summed E-state index contributed by atoms with van der Waals surface area (Å²) in [5, 5.41) is 3.91. The van der Waals surface area contributed by atoms with E-state index in [1.807, 2.05) is 0 Å². The summed E-state index contributed by atoms with van der Waals surface area (Å²) >= 11 is -2.18. The summed E-state index contributed by atoms with van der Waals surface area (Å²) in [5.41, 5.74) is 0. The van der Waals surface area contributed by atoms with E-state index in [9.17, 15) is 0 Å². The van der Waals surface area contributed by atoms with Crippen LogP contribution in [0.2, 0.25) is 13.3 Å². The third-order valence-corrected chi connectivity index (χ3v) is 22.0. The van der Waals surface area contributed by atoms with Gasteiger partial charge in [0, 0.05) is 0 Å². The molecule has 1 aliphatic rings. The second kappa shape index (κ2) is 12.8. The van der Waals surface area contributed by atoms with E-state index in [0.717, 1.165) is 12.6 Å². The molecule has 0 aromatic carbocycles. The van der Waals surface area contributed by atoms with E-state index in [1.165, 1.54) is 70.6 Å². The Bertz CT molecular complexity index is 285. The van der Waals surface area contributed by atoms with E-state index in [4.69, 9.17) is 6.58 Å². The van der Waals surface area contributed by atoms with Crippen molar-refractivity contribution in [1.82, 2.24) is 5.32 Å². The van der Waals surface area contributed by atoms with Crippen molar-refractivity contribution < 1.29 is 0 Å². The van der Waals surface area contributed by atoms with Gasteiger partial charge in [0.2, 0.25) is 0 Å². The number of hydrogen-bond donors (Lipinski definition) is 1. The third kappa shape index (κ3) is 7.94. The molecule has 1 N–H and O–H groups in total. The van der Waals surface area contributed by atoms with Crippen LogP contribution in [0, 0.1) is 0 Å². The SMILES string of the molecule is C=[C](CNC1CCCCC1)[Sn]([CH2]CCC)([CH2]CCC)[CH2]CCC. The first-order valence-electron chi connectivity index (χ1n) is 10.6. The van der Waals surface area contributed by atoms with Gasteiger partial charge in [-0.05, 0) is 0 Å². The van der Waals surface area contributed by atoms with E-state index in [0.29, 0.717) is 0 Å². The van der Waals surface area contributed by atoms with Gasteiger partial charge >= 0.3 is 151 Å². The number of unbranched alkanes of at least 4 members (excludes halogenated alkanes) is 3. The van der Waals surface area contributed by atoms with Crippen molar-refractivity contribution in [2.45, 2.75) is 111 Å². The van der Waals surface area contributed by atoms with Crippen LogP contribution in [0.4, 0.5) is 0 Å². The van der Waals surface area contributed by atoms with Crippen LogP contribution in [0.3, 0.4) is 0 Å². The maximum absolute atomic E-state index is 4.70. The molecule has 1 nitrogen and oxygen atoms in total. The van der Waals surface area contributed by atoms with E-state index in [-0.39, 0.29) is 0 Å². The van der Waals surface area contributed by atoms with Crippen LogP contribution < -0.4 is 5.32 Å². The Hall–Kier alpha value is 0.499. The van der Waals surface area contributed by atoms with Gasteiger partial charge in [0.05, 0.1) is 0 Å². The Balaban J connectivity index is 2.65. The molecule has 0 aromatic rings. The van der Waals surface area contributed by atoms with Crippen molar-refractivity contribution in [2.75, 3.05) is 6.54 Å². The summed E-state index contributed by atoms with van der Waals surface area (Å²) in [4.78, 5) is 0. The standard InChI is InChI=1S/C9H16N.3C4H9.Sn/c1-2-8-10-9-6-4-3-5-7-9;3*1-3-4-2;/h9-10H,1,3-8H2;3*1,3-4H2,2H3;. The van der Waals surface area contributed by atoms with Crippen LogP contribution in [0.1, 0.15) is 91.4 Å². The fraction of sp³-hybridized carbons (Fsp3) is 0.905. The van der Waals surface area contributed by atoms with Gasteiger partial charge in [0.1, 0.15) is 0 Å². The maximum atomic E-state index is 4.70. The van der Waals surface area contributed by atoms with Crippen molar-refractivity contribution in [3.63, 3.8) is 0 Å². The summed E-state index contributed by atoms with van der Waals surface area (Å²) in [6, 6.07) is 0.785. The van der Waals surface area contributed by atoms with Gasteiger partial charge in [-0.25, -0.2) is 0 Å². The summed E-state index contributed by atoms with van der Waals surface area (Å²) < 4.78 is 6.42. The zero-order chi connectivity index (χ0) is 17.0. The van der Waals surface area contributed by atoms with Crippen molar-refractivity contribution in [3.05, 3.63) is 10.2 Å².